The number of ether oxygens (including phenoxy) is 1. The molecule has 0 spiro atoms. The van der Waals surface area contributed by atoms with E-state index in [-0.39, 0.29) is 29.5 Å². The van der Waals surface area contributed by atoms with E-state index in [9.17, 15) is 4.79 Å². The van der Waals surface area contributed by atoms with Gasteiger partial charge in [0.2, 0.25) is 5.28 Å². The van der Waals surface area contributed by atoms with Crippen LogP contribution in [0.5, 0.6) is 0 Å². The van der Waals surface area contributed by atoms with Crippen molar-refractivity contribution in [2.45, 2.75) is 27.4 Å². The fourth-order valence-corrected chi connectivity index (χ4v) is 1.14. The van der Waals surface area contributed by atoms with Gasteiger partial charge >= 0.3 is 5.97 Å². The average molecular weight is 251 g/mol. The van der Waals surface area contributed by atoms with E-state index in [2.05, 4.69) is 9.97 Å². The lowest BCUT2D eigenvalue weighted by Gasteiger charge is -2.07. The zero-order valence-electron chi connectivity index (χ0n) is 7.62. The summed E-state index contributed by atoms with van der Waals surface area (Å²) in [6, 6.07) is 0. The molecule has 0 N–H and O–H groups in total. The Hall–Kier alpha value is -0.870. The van der Waals surface area contributed by atoms with Gasteiger partial charge in [0, 0.05) is 6.20 Å². The highest BCUT2D eigenvalue weighted by atomic mass is 35.5. The van der Waals surface area contributed by atoms with E-state index in [1.54, 1.807) is 13.8 Å². The molecule has 6 heteroatoms. The molecule has 15 heavy (non-hydrogen) atoms. The van der Waals surface area contributed by atoms with Crippen molar-refractivity contribution < 1.29 is 9.53 Å². The molecule has 0 saturated heterocycles. The standard InChI is InChI=1S/C8H8Cl2N2O2.CH4/c1-4(2)14-7(13)5-3-11-8(10)12-6(5)9;/h3-4H,1-2H3;1H4. The van der Waals surface area contributed by atoms with Crippen LogP contribution in [0.25, 0.3) is 0 Å². The van der Waals surface area contributed by atoms with E-state index < -0.39 is 5.97 Å². The SMILES string of the molecule is C.CC(C)OC(=O)c1cnc(Cl)nc1Cl. The largest absolute Gasteiger partial charge is 0.459 e. The molecule has 0 aliphatic rings. The maximum Gasteiger partial charge on any atom is 0.343 e. The van der Waals surface area contributed by atoms with Crippen molar-refractivity contribution in [3.63, 3.8) is 0 Å². The molecule has 0 aliphatic carbocycles. The number of carbonyl (C=O) groups is 1. The molecule has 0 amide bonds. The summed E-state index contributed by atoms with van der Waals surface area (Å²) in [5.41, 5.74) is 0.116. The predicted octanol–water partition coefficient (Wildman–Crippen LogP) is 2.98. The van der Waals surface area contributed by atoms with Crippen LogP contribution < -0.4 is 0 Å². The molecule has 0 aliphatic heterocycles. The number of hydrogen-bond acceptors (Lipinski definition) is 4. The molecule has 0 unspecified atom stereocenters. The van der Waals surface area contributed by atoms with Gasteiger partial charge in [-0.25, -0.2) is 14.8 Å². The van der Waals surface area contributed by atoms with Gasteiger partial charge in [-0.1, -0.05) is 19.0 Å². The van der Waals surface area contributed by atoms with E-state index in [1.165, 1.54) is 6.20 Å². The van der Waals surface area contributed by atoms with E-state index in [0.717, 1.165) is 0 Å². The first-order valence-corrected chi connectivity index (χ1v) is 4.65. The summed E-state index contributed by atoms with van der Waals surface area (Å²) in [5.74, 6) is -0.554. The fourth-order valence-electron chi connectivity index (χ4n) is 0.756. The van der Waals surface area contributed by atoms with Crippen molar-refractivity contribution in [1.82, 2.24) is 9.97 Å². The lowest BCUT2D eigenvalue weighted by atomic mass is 10.3. The smallest absolute Gasteiger partial charge is 0.343 e. The van der Waals surface area contributed by atoms with Crippen LogP contribution in [0.4, 0.5) is 0 Å². The summed E-state index contributed by atoms with van der Waals surface area (Å²) < 4.78 is 4.91. The molecule has 0 aromatic carbocycles. The third-order valence-electron chi connectivity index (χ3n) is 1.28. The van der Waals surface area contributed by atoms with Crippen LogP contribution in [0, 0.1) is 0 Å². The molecular weight excluding hydrogens is 239 g/mol. The molecule has 84 valence electrons. The van der Waals surface area contributed by atoms with Crippen molar-refractivity contribution in [2.24, 2.45) is 0 Å². The van der Waals surface area contributed by atoms with Gasteiger partial charge in [0.1, 0.15) is 10.7 Å². The third kappa shape index (κ3) is 4.01. The van der Waals surface area contributed by atoms with Crippen molar-refractivity contribution in [2.75, 3.05) is 0 Å². The average Bonchev–Trinajstić information content (AvgIpc) is 2.01. The molecule has 0 fully saturated rings. The van der Waals surface area contributed by atoms with Crippen LogP contribution in [0.1, 0.15) is 31.6 Å². The van der Waals surface area contributed by atoms with Gasteiger partial charge in [0.05, 0.1) is 6.10 Å². The molecule has 1 aromatic rings. The third-order valence-corrected chi connectivity index (χ3v) is 1.75. The van der Waals surface area contributed by atoms with Crippen molar-refractivity contribution in [3.05, 3.63) is 22.2 Å². The highest BCUT2D eigenvalue weighted by Crippen LogP contribution is 2.15. The number of nitrogens with zero attached hydrogens (tertiary/aromatic N) is 2. The fraction of sp³-hybridized carbons (Fsp3) is 0.444. The van der Waals surface area contributed by atoms with Crippen LogP contribution in [-0.2, 0) is 4.74 Å². The summed E-state index contributed by atoms with van der Waals surface area (Å²) in [6.45, 7) is 3.48. The summed E-state index contributed by atoms with van der Waals surface area (Å²) in [6.07, 6.45) is 1.02. The maximum absolute atomic E-state index is 11.4. The predicted molar refractivity (Wildman–Crippen MR) is 59.3 cm³/mol. The van der Waals surface area contributed by atoms with Crippen LogP contribution >= 0.6 is 23.2 Å². The van der Waals surface area contributed by atoms with Crippen molar-refractivity contribution in [1.29, 1.82) is 0 Å². The number of esters is 1. The van der Waals surface area contributed by atoms with Gasteiger partial charge in [0.15, 0.2) is 0 Å². The molecule has 0 atom stereocenters. The topological polar surface area (TPSA) is 52.1 Å². The Balaban J connectivity index is 0.00000196. The molecule has 4 nitrogen and oxygen atoms in total. The van der Waals surface area contributed by atoms with E-state index >= 15 is 0 Å². The second kappa shape index (κ2) is 5.88. The zero-order valence-corrected chi connectivity index (χ0v) is 9.13. The molecule has 0 bridgehead atoms. The molecule has 1 aromatic heterocycles. The monoisotopic (exact) mass is 250 g/mol. The van der Waals surface area contributed by atoms with Crippen LogP contribution in [-0.4, -0.2) is 22.0 Å². The summed E-state index contributed by atoms with van der Waals surface area (Å²) in [7, 11) is 0. The van der Waals surface area contributed by atoms with Crippen LogP contribution in [0.15, 0.2) is 6.20 Å². The Bertz CT molecular complexity index is 356. The number of rotatable bonds is 2. The zero-order chi connectivity index (χ0) is 10.7. The van der Waals surface area contributed by atoms with Gasteiger partial charge in [0.25, 0.3) is 0 Å². The minimum absolute atomic E-state index is 0. The maximum atomic E-state index is 11.4. The molecular formula is C9H12Cl2N2O2. The Morgan fingerprint density at radius 2 is 2.07 bits per heavy atom. The van der Waals surface area contributed by atoms with Gasteiger partial charge in [-0.3, -0.25) is 0 Å². The van der Waals surface area contributed by atoms with E-state index in [0.29, 0.717) is 0 Å². The van der Waals surface area contributed by atoms with E-state index in [4.69, 9.17) is 27.9 Å². The highest BCUT2D eigenvalue weighted by molar-refractivity contribution is 6.33. The summed E-state index contributed by atoms with van der Waals surface area (Å²) >= 11 is 11.1. The minimum Gasteiger partial charge on any atom is -0.459 e. The normalized spacial score (nSPS) is 9.67. The quantitative estimate of drug-likeness (QED) is 0.460. The van der Waals surface area contributed by atoms with Gasteiger partial charge in [-0.2, -0.15) is 0 Å². The molecule has 0 radical (unpaired) electrons. The number of halogens is 2. The van der Waals surface area contributed by atoms with Gasteiger partial charge in [-0.05, 0) is 25.4 Å². The molecule has 0 saturated carbocycles. The Morgan fingerprint density at radius 3 is 2.53 bits per heavy atom. The van der Waals surface area contributed by atoms with Gasteiger partial charge < -0.3 is 4.74 Å². The van der Waals surface area contributed by atoms with Crippen molar-refractivity contribution in [3.8, 4) is 0 Å². The number of carbonyl (C=O) groups excluding carboxylic acids is 1. The second-order valence-corrected chi connectivity index (χ2v) is 3.49. The Labute approximate surface area is 98.6 Å². The lowest BCUT2D eigenvalue weighted by molar-refractivity contribution is 0.0377. The van der Waals surface area contributed by atoms with Crippen LogP contribution in [0.2, 0.25) is 10.4 Å². The van der Waals surface area contributed by atoms with Crippen molar-refractivity contribution >= 4 is 29.2 Å². The first-order chi connectivity index (χ1) is 6.50. The van der Waals surface area contributed by atoms with Gasteiger partial charge in [-0.15, -0.1) is 0 Å². The summed E-state index contributed by atoms with van der Waals surface area (Å²) in [4.78, 5) is 18.6. The second-order valence-electron chi connectivity index (χ2n) is 2.80. The first-order valence-electron chi connectivity index (χ1n) is 3.89. The first kappa shape index (κ1) is 14.1. The molecule has 1 heterocycles. The van der Waals surface area contributed by atoms with E-state index in [1.807, 2.05) is 0 Å². The molecule has 1 rings (SSSR count). The number of aromatic nitrogens is 2. The highest BCUT2D eigenvalue weighted by Gasteiger charge is 2.15. The Morgan fingerprint density at radius 1 is 1.47 bits per heavy atom. The minimum atomic E-state index is -0.554. The number of hydrogen-bond donors (Lipinski definition) is 0. The van der Waals surface area contributed by atoms with Crippen LogP contribution in [0.3, 0.4) is 0 Å². The Kier molecular flexibility index (Phi) is 5.54. The lowest BCUT2D eigenvalue weighted by Crippen LogP contribution is -2.12. The summed E-state index contributed by atoms with van der Waals surface area (Å²) in [5, 5.41) is -0.00764.